The number of hydrogen-bond donors (Lipinski definition) is 2. The van der Waals surface area contributed by atoms with Crippen LogP contribution in [0.15, 0.2) is 0 Å². The number of carbonyl (C=O) groups excluding carboxylic acids is 2. The van der Waals surface area contributed by atoms with Crippen LogP contribution < -0.4 is 11.1 Å². The van der Waals surface area contributed by atoms with Gasteiger partial charge in [-0.15, -0.1) is 0 Å². The van der Waals surface area contributed by atoms with Gasteiger partial charge in [-0.05, 0) is 32.6 Å². The molecule has 1 unspecified atom stereocenters. The van der Waals surface area contributed by atoms with E-state index in [0.29, 0.717) is 25.3 Å². The summed E-state index contributed by atoms with van der Waals surface area (Å²) in [6.45, 7) is 5.75. The molecule has 18 heavy (non-hydrogen) atoms. The molecule has 0 radical (unpaired) electrons. The molecule has 5 heteroatoms. The highest BCUT2D eigenvalue weighted by Crippen LogP contribution is 2.32. The van der Waals surface area contributed by atoms with Gasteiger partial charge in [0.2, 0.25) is 11.8 Å². The highest BCUT2D eigenvalue weighted by Gasteiger charge is 2.29. The van der Waals surface area contributed by atoms with Crippen molar-refractivity contribution in [2.45, 2.75) is 45.6 Å². The van der Waals surface area contributed by atoms with Crippen LogP contribution in [0.3, 0.4) is 0 Å². The lowest BCUT2D eigenvalue weighted by Gasteiger charge is -2.18. The smallest absolute Gasteiger partial charge is 0.224 e. The number of nitrogens with two attached hydrogens (primary N) is 1. The molecular formula is C13H25N3O2. The van der Waals surface area contributed by atoms with Crippen molar-refractivity contribution in [3.8, 4) is 0 Å². The van der Waals surface area contributed by atoms with Crippen molar-refractivity contribution in [3.63, 3.8) is 0 Å². The lowest BCUT2D eigenvalue weighted by atomic mass is 10.1. The highest BCUT2D eigenvalue weighted by atomic mass is 16.2. The van der Waals surface area contributed by atoms with Crippen LogP contribution in [0.1, 0.15) is 39.5 Å². The molecule has 0 spiro atoms. The van der Waals surface area contributed by atoms with E-state index in [0.717, 1.165) is 25.9 Å². The number of nitrogens with one attached hydrogen (secondary N) is 1. The first-order valence-electron chi connectivity index (χ1n) is 6.88. The van der Waals surface area contributed by atoms with Crippen molar-refractivity contribution >= 4 is 11.8 Å². The van der Waals surface area contributed by atoms with Crippen molar-refractivity contribution in [2.75, 3.05) is 19.6 Å². The predicted molar refractivity (Wildman–Crippen MR) is 70.9 cm³/mol. The third-order valence-corrected chi connectivity index (χ3v) is 3.43. The summed E-state index contributed by atoms with van der Waals surface area (Å²) >= 11 is 0. The van der Waals surface area contributed by atoms with Gasteiger partial charge in [-0.25, -0.2) is 0 Å². The SMILES string of the molecule is CCN(CC)C(=O)CCNC(=O)CC(N)C1CC1. The van der Waals surface area contributed by atoms with E-state index in [2.05, 4.69) is 5.32 Å². The molecule has 0 aromatic carbocycles. The normalized spacial score (nSPS) is 16.2. The lowest BCUT2D eigenvalue weighted by Crippen LogP contribution is -2.36. The van der Waals surface area contributed by atoms with Gasteiger partial charge in [-0.2, -0.15) is 0 Å². The number of nitrogens with zero attached hydrogens (tertiary/aromatic N) is 1. The van der Waals surface area contributed by atoms with E-state index < -0.39 is 0 Å². The van der Waals surface area contributed by atoms with Crippen LogP contribution in [0.25, 0.3) is 0 Å². The Bertz CT molecular complexity index is 286. The molecule has 5 nitrogen and oxygen atoms in total. The third kappa shape index (κ3) is 5.04. The maximum absolute atomic E-state index is 11.7. The molecule has 0 saturated heterocycles. The van der Waals surface area contributed by atoms with Crippen molar-refractivity contribution in [1.29, 1.82) is 0 Å². The lowest BCUT2D eigenvalue weighted by molar-refractivity contribution is -0.130. The summed E-state index contributed by atoms with van der Waals surface area (Å²) in [5.74, 6) is 0.585. The van der Waals surface area contributed by atoms with E-state index in [9.17, 15) is 9.59 Å². The second-order valence-electron chi connectivity index (χ2n) is 4.87. The Hall–Kier alpha value is -1.10. The van der Waals surface area contributed by atoms with E-state index in [1.807, 2.05) is 13.8 Å². The van der Waals surface area contributed by atoms with Crippen LogP contribution in [-0.2, 0) is 9.59 Å². The maximum Gasteiger partial charge on any atom is 0.224 e. The van der Waals surface area contributed by atoms with Crippen LogP contribution in [0, 0.1) is 5.92 Å². The first-order valence-corrected chi connectivity index (χ1v) is 6.88. The van der Waals surface area contributed by atoms with Gasteiger partial charge in [0.05, 0.1) is 0 Å². The van der Waals surface area contributed by atoms with E-state index in [-0.39, 0.29) is 17.9 Å². The molecule has 1 atom stereocenters. The summed E-state index contributed by atoms with van der Waals surface area (Å²) in [5.41, 5.74) is 5.87. The Kier molecular flexibility index (Phi) is 6.12. The van der Waals surface area contributed by atoms with E-state index >= 15 is 0 Å². The van der Waals surface area contributed by atoms with Crippen molar-refractivity contribution in [2.24, 2.45) is 11.7 Å². The van der Waals surface area contributed by atoms with Crippen LogP contribution in [-0.4, -0.2) is 42.4 Å². The Labute approximate surface area is 109 Å². The molecule has 3 N–H and O–H groups in total. The van der Waals surface area contributed by atoms with Crippen molar-refractivity contribution < 1.29 is 9.59 Å². The zero-order valence-corrected chi connectivity index (χ0v) is 11.4. The number of hydrogen-bond acceptors (Lipinski definition) is 3. The highest BCUT2D eigenvalue weighted by molar-refractivity contribution is 5.79. The van der Waals surface area contributed by atoms with Gasteiger partial charge in [0.1, 0.15) is 0 Å². The van der Waals surface area contributed by atoms with Gasteiger partial charge in [0.15, 0.2) is 0 Å². The van der Waals surface area contributed by atoms with Gasteiger partial charge in [0.25, 0.3) is 0 Å². The van der Waals surface area contributed by atoms with Gasteiger partial charge < -0.3 is 16.0 Å². The molecule has 104 valence electrons. The molecule has 0 heterocycles. The van der Waals surface area contributed by atoms with Crippen molar-refractivity contribution in [3.05, 3.63) is 0 Å². The van der Waals surface area contributed by atoms with Gasteiger partial charge in [-0.1, -0.05) is 0 Å². The number of carbonyl (C=O) groups is 2. The summed E-state index contributed by atoms with van der Waals surface area (Å²) in [5, 5.41) is 2.76. The Morgan fingerprint density at radius 2 is 1.94 bits per heavy atom. The van der Waals surface area contributed by atoms with E-state index in [1.165, 1.54) is 0 Å². The predicted octanol–water partition coefficient (Wildman–Crippen LogP) is 0.489. The first-order chi connectivity index (χ1) is 8.58. The Morgan fingerprint density at radius 1 is 1.33 bits per heavy atom. The van der Waals surface area contributed by atoms with Gasteiger partial charge >= 0.3 is 0 Å². The molecule has 1 aliphatic carbocycles. The quantitative estimate of drug-likeness (QED) is 0.663. The Balaban J connectivity index is 2.12. The Morgan fingerprint density at radius 3 is 2.44 bits per heavy atom. The van der Waals surface area contributed by atoms with Crippen LogP contribution in [0.5, 0.6) is 0 Å². The number of amides is 2. The topological polar surface area (TPSA) is 75.4 Å². The minimum absolute atomic E-state index is 0.0107. The summed E-state index contributed by atoms with van der Waals surface area (Å²) in [7, 11) is 0. The van der Waals surface area contributed by atoms with Gasteiger partial charge in [0, 0.05) is 38.5 Å². The van der Waals surface area contributed by atoms with Crippen molar-refractivity contribution in [1.82, 2.24) is 10.2 Å². The minimum Gasteiger partial charge on any atom is -0.356 e. The second kappa shape index (κ2) is 7.36. The second-order valence-corrected chi connectivity index (χ2v) is 4.87. The summed E-state index contributed by atoms with van der Waals surface area (Å²) in [6.07, 6.45) is 3.04. The van der Waals surface area contributed by atoms with Crippen LogP contribution in [0.2, 0.25) is 0 Å². The van der Waals surface area contributed by atoms with Gasteiger partial charge in [-0.3, -0.25) is 9.59 Å². The fourth-order valence-electron chi connectivity index (χ4n) is 2.02. The molecule has 1 saturated carbocycles. The fraction of sp³-hybridized carbons (Fsp3) is 0.846. The summed E-state index contributed by atoms with van der Waals surface area (Å²) in [4.78, 5) is 25.0. The average Bonchev–Trinajstić information content (AvgIpc) is 3.14. The van der Waals surface area contributed by atoms with E-state index in [4.69, 9.17) is 5.73 Å². The monoisotopic (exact) mass is 255 g/mol. The molecular weight excluding hydrogens is 230 g/mol. The molecule has 1 aliphatic rings. The third-order valence-electron chi connectivity index (χ3n) is 3.43. The molecule has 0 aromatic heterocycles. The molecule has 0 aliphatic heterocycles. The molecule has 1 fully saturated rings. The zero-order valence-electron chi connectivity index (χ0n) is 11.4. The minimum atomic E-state index is -0.0400. The summed E-state index contributed by atoms with van der Waals surface area (Å²) < 4.78 is 0. The fourth-order valence-corrected chi connectivity index (χ4v) is 2.02. The molecule has 0 bridgehead atoms. The number of rotatable bonds is 8. The van der Waals surface area contributed by atoms with Crippen LogP contribution in [0.4, 0.5) is 0 Å². The molecule has 1 rings (SSSR count). The maximum atomic E-state index is 11.7. The first kappa shape index (κ1) is 15.0. The summed E-state index contributed by atoms with van der Waals surface area (Å²) in [6, 6.07) is -0.0107. The molecule has 2 amide bonds. The van der Waals surface area contributed by atoms with Crippen LogP contribution >= 0.6 is 0 Å². The molecule has 0 aromatic rings. The largest absolute Gasteiger partial charge is 0.356 e. The average molecular weight is 255 g/mol. The standard InChI is InChI=1S/C13H25N3O2/c1-3-16(4-2)13(18)7-8-15-12(17)9-11(14)10-5-6-10/h10-11H,3-9,14H2,1-2H3,(H,15,17). The zero-order chi connectivity index (χ0) is 13.5. The van der Waals surface area contributed by atoms with E-state index in [1.54, 1.807) is 4.90 Å².